The van der Waals surface area contributed by atoms with Crippen molar-refractivity contribution in [3.63, 3.8) is 0 Å². The van der Waals surface area contributed by atoms with E-state index in [1.807, 2.05) is 0 Å². The van der Waals surface area contributed by atoms with Crippen molar-refractivity contribution in [1.29, 1.82) is 0 Å². The monoisotopic (exact) mass is 316 g/mol. The molecule has 1 aliphatic rings. The van der Waals surface area contributed by atoms with Crippen molar-refractivity contribution in [1.82, 2.24) is 4.31 Å². The van der Waals surface area contributed by atoms with E-state index in [2.05, 4.69) is 0 Å². The summed E-state index contributed by atoms with van der Waals surface area (Å²) in [4.78, 5) is -0.177. The third kappa shape index (κ3) is 3.04. The van der Waals surface area contributed by atoms with Gasteiger partial charge in [0.1, 0.15) is 5.82 Å². The van der Waals surface area contributed by atoms with E-state index in [0.29, 0.717) is 12.8 Å². The van der Waals surface area contributed by atoms with E-state index in [4.69, 9.17) is 5.73 Å². The Morgan fingerprint density at radius 2 is 1.95 bits per heavy atom. The number of anilines is 1. The second-order valence-corrected chi connectivity index (χ2v) is 7.56. The van der Waals surface area contributed by atoms with Crippen molar-refractivity contribution < 1.29 is 17.9 Å². The molecular formula is C14H21FN2O3S. The molecule has 118 valence electrons. The molecule has 0 aliphatic heterocycles. The summed E-state index contributed by atoms with van der Waals surface area (Å²) in [6.45, 7) is 1.50. The lowest BCUT2D eigenvalue weighted by atomic mass is 9.93. The zero-order valence-electron chi connectivity index (χ0n) is 12.2. The number of rotatable bonds is 3. The van der Waals surface area contributed by atoms with Crippen LogP contribution in [-0.4, -0.2) is 37.0 Å². The van der Waals surface area contributed by atoms with Gasteiger partial charge in [0, 0.05) is 18.3 Å². The standard InChI is InChI=1S/C14H21FN2O3S/c1-9-11(15)7-10(8-12(9)16)21(19,20)17(2)13-5-3-4-6-14(13)18/h7-8,13-14,18H,3-6,16H2,1-2H3. The van der Waals surface area contributed by atoms with Gasteiger partial charge in [-0.3, -0.25) is 0 Å². The average Bonchev–Trinajstić information content (AvgIpc) is 2.44. The van der Waals surface area contributed by atoms with E-state index in [1.54, 1.807) is 0 Å². The molecule has 1 aromatic rings. The number of nitrogens with two attached hydrogens (primary N) is 1. The maximum Gasteiger partial charge on any atom is 0.243 e. The lowest BCUT2D eigenvalue weighted by Crippen LogP contribution is -2.46. The van der Waals surface area contributed by atoms with Crippen molar-refractivity contribution in [3.8, 4) is 0 Å². The average molecular weight is 316 g/mol. The number of hydrogen-bond donors (Lipinski definition) is 2. The maximum atomic E-state index is 13.7. The predicted octanol–water partition coefficient (Wildman–Crippen LogP) is 1.64. The Labute approximate surface area is 124 Å². The van der Waals surface area contributed by atoms with Gasteiger partial charge in [-0.1, -0.05) is 12.8 Å². The van der Waals surface area contributed by atoms with Crippen LogP contribution in [0.25, 0.3) is 0 Å². The molecule has 0 aromatic heterocycles. The van der Waals surface area contributed by atoms with Crippen LogP contribution in [0.2, 0.25) is 0 Å². The fourth-order valence-corrected chi connectivity index (χ4v) is 4.15. The van der Waals surface area contributed by atoms with E-state index in [-0.39, 0.29) is 16.1 Å². The molecule has 1 aliphatic carbocycles. The summed E-state index contributed by atoms with van der Waals surface area (Å²) in [5, 5.41) is 10.00. The molecule has 1 fully saturated rings. The van der Waals surface area contributed by atoms with E-state index in [9.17, 15) is 17.9 Å². The number of benzene rings is 1. The topological polar surface area (TPSA) is 83.6 Å². The van der Waals surface area contributed by atoms with Gasteiger partial charge in [0.05, 0.1) is 17.0 Å². The van der Waals surface area contributed by atoms with Gasteiger partial charge in [-0.05, 0) is 31.9 Å². The summed E-state index contributed by atoms with van der Waals surface area (Å²) < 4.78 is 40.1. The highest BCUT2D eigenvalue weighted by molar-refractivity contribution is 7.89. The van der Waals surface area contributed by atoms with Crippen LogP contribution in [0.3, 0.4) is 0 Å². The smallest absolute Gasteiger partial charge is 0.243 e. The lowest BCUT2D eigenvalue weighted by molar-refractivity contribution is 0.0638. The van der Waals surface area contributed by atoms with Crippen LogP contribution < -0.4 is 5.73 Å². The number of nitrogens with zero attached hydrogens (tertiary/aromatic N) is 1. The molecule has 0 spiro atoms. The number of sulfonamides is 1. The van der Waals surface area contributed by atoms with E-state index in [0.717, 1.165) is 23.2 Å². The Bertz CT molecular complexity index is 610. The Morgan fingerprint density at radius 3 is 2.52 bits per heavy atom. The maximum absolute atomic E-state index is 13.7. The molecule has 0 radical (unpaired) electrons. The van der Waals surface area contributed by atoms with E-state index >= 15 is 0 Å². The molecular weight excluding hydrogens is 295 g/mol. The van der Waals surface area contributed by atoms with Gasteiger partial charge in [0.15, 0.2) is 0 Å². The van der Waals surface area contributed by atoms with E-state index < -0.39 is 28.0 Å². The van der Waals surface area contributed by atoms with Crippen LogP contribution in [0.5, 0.6) is 0 Å². The molecule has 3 N–H and O–H groups in total. The largest absolute Gasteiger partial charge is 0.398 e. The molecule has 1 saturated carbocycles. The molecule has 0 saturated heterocycles. The van der Waals surface area contributed by atoms with Gasteiger partial charge in [0.2, 0.25) is 10.0 Å². The SMILES string of the molecule is Cc1c(N)cc(S(=O)(=O)N(C)C2CCCCC2O)cc1F. The van der Waals surface area contributed by atoms with Gasteiger partial charge in [0.25, 0.3) is 0 Å². The first-order chi connectivity index (χ1) is 9.75. The first-order valence-electron chi connectivity index (χ1n) is 6.97. The Kier molecular flexibility index (Phi) is 4.55. The lowest BCUT2D eigenvalue weighted by Gasteiger charge is -2.34. The molecule has 0 bridgehead atoms. The minimum Gasteiger partial charge on any atom is -0.398 e. The predicted molar refractivity (Wildman–Crippen MR) is 78.8 cm³/mol. The third-order valence-corrected chi connectivity index (χ3v) is 6.06. The minimum absolute atomic E-state index is 0.103. The fraction of sp³-hybridized carbons (Fsp3) is 0.571. The van der Waals surface area contributed by atoms with Gasteiger partial charge in [-0.2, -0.15) is 4.31 Å². The van der Waals surface area contributed by atoms with Crippen molar-refractivity contribution in [2.24, 2.45) is 0 Å². The second-order valence-electron chi connectivity index (χ2n) is 5.56. The summed E-state index contributed by atoms with van der Waals surface area (Å²) in [6, 6.07) is 1.76. The minimum atomic E-state index is -3.88. The molecule has 2 unspecified atom stereocenters. The molecule has 1 aromatic carbocycles. The Morgan fingerprint density at radius 1 is 1.33 bits per heavy atom. The van der Waals surface area contributed by atoms with Gasteiger partial charge in [-0.25, -0.2) is 12.8 Å². The third-order valence-electron chi connectivity index (χ3n) is 4.20. The molecule has 5 nitrogen and oxygen atoms in total. The molecule has 2 rings (SSSR count). The quantitative estimate of drug-likeness (QED) is 0.830. The molecule has 7 heteroatoms. The van der Waals surface area contributed by atoms with Gasteiger partial charge in [-0.15, -0.1) is 0 Å². The molecule has 0 amide bonds. The molecule has 21 heavy (non-hydrogen) atoms. The van der Waals surface area contributed by atoms with Crippen LogP contribution in [0.1, 0.15) is 31.2 Å². The van der Waals surface area contributed by atoms with Crippen molar-refractivity contribution in [2.45, 2.75) is 49.6 Å². The zero-order valence-corrected chi connectivity index (χ0v) is 13.0. The van der Waals surface area contributed by atoms with Crippen LogP contribution in [-0.2, 0) is 10.0 Å². The molecule has 0 heterocycles. The van der Waals surface area contributed by atoms with Crippen LogP contribution in [0, 0.1) is 12.7 Å². The summed E-state index contributed by atoms with van der Waals surface area (Å²) in [5.74, 6) is -0.647. The summed E-state index contributed by atoms with van der Waals surface area (Å²) in [5.41, 5.74) is 5.99. The number of likely N-dealkylation sites (N-methyl/N-ethyl adjacent to an activating group) is 1. The van der Waals surface area contributed by atoms with Crippen molar-refractivity contribution >= 4 is 15.7 Å². The molecule has 2 atom stereocenters. The van der Waals surface area contributed by atoms with E-state index in [1.165, 1.54) is 20.0 Å². The number of hydrogen-bond acceptors (Lipinski definition) is 4. The van der Waals surface area contributed by atoms with Crippen molar-refractivity contribution in [3.05, 3.63) is 23.5 Å². The van der Waals surface area contributed by atoms with Crippen LogP contribution in [0.4, 0.5) is 10.1 Å². The van der Waals surface area contributed by atoms with Crippen LogP contribution in [0.15, 0.2) is 17.0 Å². The first kappa shape index (κ1) is 16.2. The Hall–Kier alpha value is -1.18. The highest BCUT2D eigenvalue weighted by Crippen LogP contribution is 2.29. The zero-order chi connectivity index (χ0) is 15.8. The van der Waals surface area contributed by atoms with Crippen LogP contribution >= 0.6 is 0 Å². The van der Waals surface area contributed by atoms with Crippen molar-refractivity contribution in [2.75, 3.05) is 12.8 Å². The number of aliphatic hydroxyl groups excluding tert-OH is 1. The number of nitrogen functional groups attached to an aromatic ring is 1. The summed E-state index contributed by atoms with van der Waals surface area (Å²) in [6.07, 6.45) is 2.24. The Balaban J connectivity index is 2.37. The number of halogens is 1. The highest BCUT2D eigenvalue weighted by Gasteiger charge is 2.34. The second kappa shape index (κ2) is 5.90. The number of aliphatic hydroxyl groups is 1. The first-order valence-corrected chi connectivity index (χ1v) is 8.41. The normalized spacial score (nSPS) is 23.5. The fourth-order valence-electron chi connectivity index (χ4n) is 2.68. The summed E-state index contributed by atoms with van der Waals surface area (Å²) >= 11 is 0. The van der Waals surface area contributed by atoms with Gasteiger partial charge >= 0.3 is 0 Å². The van der Waals surface area contributed by atoms with Gasteiger partial charge < -0.3 is 10.8 Å². The summed E-state index contributed by atoms with van der Waals surface area (Å²) in [7, 11) is -2.46. The highest BCUT2D eigenvalue weighted by atomic mass is 32.2.